The van der Waals surface area contributed by atoms with Crippen LogP contribution in [0.5, 0.6) is 0 Å². The lowest BCUT2D eigenvalue weighted by Crippen LogP contribution is -3.08. The Balaban J connectivity index is 2.06. The van der Waals surface area contributed by atoms with Gasteiger partial charge in [0.1, 0.15) is 13.1 Å². The van der Waals surface area contributed by atoms with Crippen molar-refractivity contribution in [1.82, 2.24) is 4.98 Å². The number of Topliss-reactive ketones (excluding diaryl/α,β-unsaturated/α-hetero) is 1. The molecule has 2 rings (SSSR count). The van der Waals surface area contributed by atoms with E-state index < -0.39 is 0 Å². The first kappa shape index (κ1) is 19.9. The summed E-state index contributed by atoms with van der Waals surface area (Å²) in [5.41, 5.74) is 4.85. The lowest BCUT2D eigenvalue weighted by Gasteiger charge is -2.13. The Labute approximate surface area is 155 Å². The number of aromatic amines is 1. The number of aryl methyl sites for hydroxylation is 2. The number of likely N-dealkylation sites (N-methyl/N-ethyl adjacent to an activating group) is 1. The number of carbonyl (C=O) groups is 2. The van der Waals surface area contributed by atoms with Gasteiger partial charge < -0.3 is 14.6 Å². The van der Waals surface area contributed by atoms with E-state index in [0.29, 0.717) is 35.7 Å². The van der Waals surface area contributed by atoms with Gasteiger partial charge >= 0.3 is 5.97 Å². The summed E-state index contributed by atoms with van der Waals surface area (Å²) in [4.78, 5) is 29.0. The van der Waals surface area contributed by atoms with Crippen LogP contribution in [0.1, 0.15) is 57.1 Å². The third-order valence-electron chi connectivity index (χ3n) is 4.60. The number of esters is 1. The van der Waals surface area contributed by atoms with Crippen LogP contribution in [-0.2, 0) is 17.7 Å². The molecular formula is C21H29N2O3+. The van der Waals surface area contributed by atoms with Crippen LogP contribution >= 0.6 is 0 Å². The molecule has 0 fully saturated rings. The van der Waals surface area contributed by atoms with Crippen LogP contribution in [0.4, 0.5) is 0 Å². The van der Waals surface area contributed by atoms with Gasteiger partial charge in [0.05, 0.1) is 24.9 Å². The van der Waals surface area contributed by atoms with Gasteiger partial charge in [-0.05, 0) is 38.3 Å². The van der Waals surface area contributed by atoms with Crippen LogP contribution in [0.25, 0.3) is 0 Å². The quantitative estimate of drug-likeness (QED) is 0.563. The van der Waals surface area contributed by atoms with Gasteiger partial charge in [-0.1, -0.05) is 31.2 Å². The summed E-state index contributed by atoms with van der Waals surface area (Å²) in [6.45, 7) is 8.94. The van der Waals surface area contributed by atoms with E-state index in [1.807, 2.05) is 7.05 Å². The average Bonchev–Trinajstić information content (AvgIpc) is 2.90. The second-order valence-electron chi connectivity index (χ2n) is 6.75. The lowest BCUT2D eigenvalue weighted by molar-refractivity contribution is -0.884. The highest BCUT2D eigenvalue weighted by molar-refractivity contribution is 6.01. The maximum atomic E-state index is 12.7. The first-order valence-electron chi connectivity index (χ1n) is 9.15. The summed E-state index contributed by atoms with van der Waals surface area (Å²) in [7, 11) is 2.00. The molecule has 0 aliphatic rings. The molecule has 0 saturated carbocycles. The van der Waals surface area contributed by atoms with Crippen molar-refractivity contribution in [2.24, 2.45) is 0 Å². The van der Waals surface area contributed by atoms with Gasteiger partial charge in [0.2, 0.25) is 5.78 Å². The molecule has 2 N–H and O–H groups in total. The zero-order chi connectivity index (χ0) is 19.3. The minimum Gasteiger partial charge on any atom is -0.462 e. The van der Waals surface area contributed by atoms with Gasteiger partial charge in [-0.25, -0.2) is 4.79 Å². The molecule has 26 heavy (non-hydrogen) atoms. The molecule has 0 aliphatic heterocycles. The number of quaternary nitrogens is 1. The maximum Gasteiger partial charge on any atom is 0.340 e. The van der Waals surface area contributed by atoms with E-state index in [9.17, 15) is 9.59 Å². The summed E-state index contributed by atoms with van der Waals surface area (Å²) in [5.74, 6) is -0.377. The van der Waals surface area contributed by atoms with Crippen LogP contribution < -0.4 is 4.90 Å². The van der Waals surface area contributed by atoms with Crippen LogP contribution in [0.2, 0.25) is 0 Å². The molecule has 0 aliphatic carbocycles. The second kappa shape index (κ2) is 8.81. The van der Waals surface area contributed by atoms with Gasteiger partial charge in [0.25, 0.3) is 0 Å². The van der Waals surface area contributed by atoms with Crippen molar-refractivity contribution in [3.63, 3.8) is 0 Å². The number of aromatic nitrogens is 1. The number of nitrogens with one attached hydrogen (secondary N) is 2. The summed E-state index contributed by atoms with van der Waals surface area (Å²) < 4.78 is 5.09. The standard InChI is InChI=1S/C21H28N2O3/c1-6-16-8-10-17(11-9-16)12-23(5)13-18(24)20-14(3)19(15(4)22-20)21(25)26-7-2/h8-11,22H,6-7,12-13H2,1-5H3/p+1. The van der Waals surface area contributed by atoms with E-state index in [1.54, 1.807) is 20.8 Å². The third-order valence-corrected chi connectivity index (χ3v) is 4.60. The maximum absolute atomic E-state index is 12.7. The summed E-state index contributed by atoms with van der Waals surface area (Å²) in [6, 6.07) is 8.51. The van der Waals surface area contributed by atoms with Crippen LogP contribution in [-0.4, -0.2) is 36.9 Å². The fraction of sp³-hybridized carbons (Fsp3) is 0.429. The van der Waals surface area contributed by atoms with Crippen molar-refractivity contribution in [1.29, 1.82) is 0 Å². The lowest BCUT2D eigenvalue weighted by atomic mass is 10.1. The molecule has 0 amide bonds. The molecule has 1 aromatic heterocycles. The number of hydrogen-bond donors (Lipinski definition) is 2. The Kier molecular flexibility index (Phi) is 6.75. The number of ketones is 1. The van der Waals surface area contributed by atoms with Crippen molar-refractivity contribution in [2.75, 3.05) is 20.2 Å². The summed E-state index contributed by atoms with van der Waals surface area (Å²) in [5, 5.41) is 0. The molecule has 5 nitrogen and oxygen atoms in total. The minimum absolute atomic E-state index is 0.00354. The molecule has 1 atom stereocenters. The van der Waals surface area contributed by atoms with Crippen LogP contribution in [0.15, 0.2) is 24.3 Å². The first-order chi connectivity index (χ1) is 12.4. The van der Waals surface area contributed by atoms with Crippen molar-refractivity contribution in [3.05, 3.63) is 57.9 Å². The number of carbonyl (C=O) groups excluding carboxylic acids is 2. The Morgan fingerprint density at radius 3 is 2.27 bits per heavy atom. The fourth-order valence-corrected chi connectivity index (χ4v) is 3.20. The van der Waals surface area contributed by atoms with E-state index in [0.717, 1.165) is 17.9 Å². The smallest absolute Gasteiger partial charge is 0.340 e. The van der Waals surface area contributed by atoms with Gasteiger partial charge in [-0.2, -0.15) is 0 Å². The molecule has 0 spiro atoms. The van der Waals surface area contributed by atoms with E-state index in [1.165, 1.54) is 11.1 Å². The predicted molar refractivity (Wildman–Crippen MR) is 102 cm³/mol. The largest absolute Gasteiger partial charge is 0.462 e. The molecule has 1 heterocycles. The topological polar surface area (TPSA) is 63.6 Å². The second-order valence-corrected chi connectivity index (χ2v) is 6.75. The zero-order valence-corrected chi connectivity index (χ0v) is 16.4. The average molecular weight is 357 g/mol. The SMILES string of the molecule is CCOC(=O)c1c(C)[nH]c(C(=O)C[NH+](C)Cc2ccc(CC)cc2)c1C. The van der Waals surface area contributed by atoms with E-state index in [4.69, 9.17) is 4.74 Å². The normalized spacial score (nSPS) is 12.0. The molecule has 0 saturated heterocycles. The zero-order valence-electron chi connectivity index (χ0n) is 16.4. The number of benzene rings is 1. The van der Waals surface area contributed by atoms with Crippen LogP contribution in [0, 0.1) is 13.8 Å². The highest BCUT2D eigenvalue weighted by atomic mass is 16.5. The Morgan fingerprint density at radius 1 is 1.08 bits per heavy atom. The first-order valence-corrected chi connectivity index (χ1v) is 9.15. The highest BCUT2D eigenvalue weighted by Crippen LogP contribution is 2.19. The van der Waals surface area contributed by atoms with Crippen molar-refractivity contribution in [2.45, 2.75) is 40.7 Å². The van der Waals surface area contributed by atoms with Crippen molar-refractivity contribution in [3.8, 4) is 0 Å². The minimum atomic E-state index is -0.380. The number of H-pyrrole nitrogens is 1. The molecule has 0 radical (unpaired) electrons. The number of rotatable bonds is 8. The molecular weight excluding hydrogens is 328 g/mol. The van der Waals surface area contributed by atoms with E-state index in [-0.39, 0.29) is 11.8 Å². The van der Waals surface area contributed by atoms with Gasteiger partial charge in [-0.3, -0.25) is 4.79 Å². The van der Waals surface area contributed by atoms with Crippen molar-refractivity contribution >= 4 is 11.8 Å². The molecule has 0 bridgehead atoms. The molecule has 1 aromatic carbocycles. The molecule has 140 valence electrons. The Morgan fingerprint density at radius 2 is 1.69 bits per heavy atom. The fourth-order valence-electron chi connectivity index (χ4n) is 3.20. The number of hydrogen-bond acceptors (Lipinski definition) is 3. The number of ether oxygens (including phenoxy) is 1. The van der Waals surface area contributed by atoms with Gasteiger partial charge in [0.15, 0.2) is 0 Å². The summed E-state index contributed by atoms with van der Waals surface area (Å²) >= 11 is 0. The molecule has 1 unspecified atom stereocenters. The van der Waals surface area contributed by atoms with Gasteiger partial charge in [-0.15, -0.1) is 0 Å². The highest BCUT2D eigenvalue weighted by Gasteiger charge is 2.24. The van der Waals surface area contributed by atoms with Crippen LogP contribution in [0.3, 0.4) is 0 Å². The van der Waals surface area contributed by atoms with Crippen molar-refractivity contribution < 1.29 is 19.2 Å². The van der Waals surface area contributed by atoms with Gasteiger partial charge in [0, 0.05) is 11.3 Å². The monoisotopic (exact) mass is 357 g/mol. The predicted octanol–water partition coefficient (Wildman–Crippen LogP) is 2.27. The van der Waals surface area contributed by atoms with E-state index in [2.05, 4.69) is 36.2 Å². The summed E-state index contributed by atoms with van der Waals surface area (Å²) in [6.07, 6.45) is 1.02. The molecule has 2 aromatic rings. The Bertz CT molecular complexity index is 775. The molecule has 5 heteroatoms. The van der Waals surface area contributed by atoms with E-state index >= 15 is 0 Å². The third kappa shape index (κ3) is 4.61. The Hall–Kier alpha value is -2.40.